The second-order valence-corrected chi connectivity index (χ2v) is 21.4. The highest BCUT2D eigenvalue weighted by atomic mass is 16.5. The van der Waals surface area contributed by atoms with Crippen LogP contribution in [0.1, 0.15) is 341 Å². The normalized spacial score (nSPS) is 12.7. The van der Waals surface area contributed by atoms with Gasteiger partial charge in [-0.2, -0.15) is 0 Å². The third-order valence-corrected chi connectivity index (χ3v) is 14.5. The molecule has 0 saturated heterocycles. The third-order valence-electron chi connectivity index (χ3n) is 14.5. The average Bonchev–Trinajstić information content (AvgIpc) is 3.35. The molecule has 0 heterocycles. The van der Waals surface area contributed by atoms with Gasteiger partial charge in [-0.25, -0.2) is 0 Å². The minimum Gasteiger partial charge on any atom is -0.466 e. The number of hydrogen-bond donors (Lipinski definition) is 3. The van der Waals surface area contributed by atoms with Gasteiger partial charge in [-0.15, -0.1) is 0 Å². The number of nitrogens with one attached hydrogen (secondary N) is 1. The molecule has 0 aromatic carbocycles. The zero-order chi connectivity index (χ0) is 50.0. The Morgan fingerprint density at radius 2 is 0.681 bits per heavy atom. The average molecular weight is 973 g/mol. The van der Waals surface area contributed by atoms with Crippen molar-refractivity contribution in [1.29, 1.82) is 0 Å². The molecule has 408 valence electrons. The number of carbonyl (C=O) groups is 2. The monoisotopic (exact) mass is 972 g/mol. The zero-order valence-electron chi connectivity index (χ0n) is 46.6. The van der Waals surface area contributed by atoms with Crippen LogP contribution in [-0.4, -0.2) is 47.4 Å². The van der Waals surface area contributed by atoms with Gasteiger partial charge in [-0.1, -0.05) is 295 Å². The quantitative estimate of drug-likeness (QED) is 0.0321. The van der Waals surface area contributed by atoms with E-state index in [2.05, 4.69) is 31.3 Å². The number of hydrogen-bond acceptors (Lipinski definition) is 5. The fourth-order valence-electron chi connectivity index (χ4n) is 9.69. The number of esters is 1. The minimum absolute atomic E-state index is 0.00295. The van der Waals surface area contributed by atoms with Gasteiger partial charge >= 0.3 is 5.97 Å². The Labute approximate surface area is 431 Å². The van der Waals surface area contributed by atoms with Crippen molar-refractivity contribution in [3.8, 4) is 0 Å². The molecule has 0 spiro atoms. The lowest BCUT2D eigenvalue weighted by atomic mass is 10.0. The van der Waals surface area contributed by atoms with Crippen molar-refractivity contribution in [2.45, 2.75) is 353 Å². The van der Waals surface area contributed by atoms with Crippen molar-refractivity contribution >= 4 is 11.9 Å². The predicted molar refractivity (Wildman–Crippen MR) is 301 cm³/mol. The highest BCUT2D eigenvalue weighted by Crippen LogP contribution is 2.17. The number of aliphatic hydroxyl groups excluding tert-OH is 2. The number of allylic oxidation sites excluding steroid dienone is 3. The molecule has 1 amide bonds. The van der Waals surface area contributed by atoms with Crippen molar-refractivity contribution in [3.63, 3.8) is 0 Å². The largest absolute Gasteiger partial charge is 0.466 e. The fraction of sp³-hybridized carbons (Fsp3) is 0.905. The molecule has 0 fully saturated rings. The second kappa shape index (κ2) is 58.9. The summed E-state index contributed by atoms with van der Waals surface area (Å²) in [6.07, 6.45) is 72.1. The molecular weight excluding hydrogens is 851 g/mol. The van der Waals surface area contributed by atoms with Gasteiger partial charge in [0, 0.05) is 12.8 Å². The predicted octanol–water partition coefficient (Wildman–Crippen LogP) is 19.4. The van der Waals surface area contributed by atoms with Gasteiger partial charge in [0.15, 0.2) is 0 Å². The maximum atomic E-state index is 12.5. The lowest BCUT2D eigenvalue weighted by Gasteiger charge is -2.20. The molecule has 6 heteroatoms. The lowest BCUT2D eigenvalue weighted by molar-refractivity contribution is -0.143. The van der Waals surface area contributed by atoms with Crippen LogP contribution in [0.25, 0.3) is 0 Å². The Balaban J connectivity index is 3.41. The Morgan fingerprint density at radius 3 is 1.03 bits per heavy atom. The Hall–Kier alpha value is -1.66. The molecule has 0 saturated carbocycles. The van der Waals surface area contributed by atoms with Crippen LogP contribution in [0.15, 0.2) is 24.3 Å². The summed E-state index contributed by atoms with van der Waals surface area (Å²) in [7, 11) is 0. The smallest absolute Gasteiger partial charge is 0.305 e. The van der Waals surface area contributed by atoms with E-state index in [0.717, 1.165) is 44.9 Å². The third kappa shape index (κ3) is 55.5. The van der Waals surface area contributed by atoms with E-state index in [4.69, 9.17) is 4.74 Å². The Bertz CT molecular complexity index is 1080. The van der Waals surface area contributed by atoms with Crippen LogP contribution in [0, 0.1) is 0 Å². The van der Waals surface area contributed by atoms with Crippen LogP contribution < -0.4 is 5.32 Å². The Morgan fingerprint density at radius 1 is 0.391 bits per heavy atom. The first kappa shape index (κ1) is 67.3. The molecule has 0 radical (unpaired) electrons. The van der Waals surface area contributed by atoms with Crippen LogP contribution in [0.2, 0.25) is 0 Å². The number of unbranched alkanes of at least 4 members (excludes halogenated alkanes) is 45. The molecule has 2 atom stereocenters. The van der Waals surface area contributed by atoms with Crippen molar-refractivity contribution in [1.82, 2.24) is 5.32 Å². The van der Waals surface area contributed by atoms with Gasteiger partial charge in [0.05, 0.1) is 25.4 Å². The van der Waals surface area contributed by atoms with E-state index in [1.807, 2.05) is 6.08 Å². The molecule has 0 bridgehead atoms. The molecule has 2 unspecified atom stereocenters. The van der Waals surface area contributed by atoms with Gasteiger partial charge < -0.3 is 20.3 Å². The van der Waals surface area contributed by atoms with E-state index < -0.39 is 12.1 Å². The van der Waals surface area contributed by atoms with Crippen molar-refractivity contribution in [2.24, 2.45) is 0 Å². The van der Waals surface area contributed by atoms with Gasteiger partial charge in [-0.3, -0.25) is 9.59 Å². The summed E-state index contributed by atoms with van der Waals surface area (Å²) in [6, 6.07) is -0.629. The summed E-state index contributed by atoms with van der Waals surface area (Å²) in [5, 5.41) is 23.1. The van der Waals surface area contributed by atoms with Crippen LogP contribution in [0.5, 0.6) is 0 Å². The van der Waals surface area contributed by atoms with E-state index in [9.17, 15) is 19.8 Å². The van der Waals surface area contributed by atoms with Crippen LogP contribution in [0.3, 0.4) is 0 Å². The first-order valence-corrected chi connectivity index (χ1v) is 31.1. The van der Waals surface area contributed by atoms with Crippen molar-refractivity contribution in [3.05, 3.63) is 24.3 Å². The first-order valence-electron chi connectivity index (χ1n) is 31.1. The van der Waals surface area contributed by atoms with E-state index >= 15 is 0 Å². The van der Waals surface area contributed by atoms with Gasteiger partial charge in [0.2, 0.25) is 5.91 Å². The van der Waals surface area contributed by atoms with E-state index in [0.29, 0.717) is 19.4 Å². The number of carbonyl (C=O) groups excluding carboxylic acids is 2. The van der Waals surface area contributed by atoms with Crippen LogP contribution in [-0.2, 0) is 14.3 Å². The first-order chi connectivity index (χ1) is 34.0. The topological polar surface area (TPSA) is 95.9 Å². The van der Waals surface area contributed by atoms with Crippen molar-refractivity contribution < 1.29 is 24.5 Å². The zero-order valence-corrected chi connectivity index (χ0v) is 46.6. The van der Waals surface area contributed by atoms with Gasteiger partial charge in [0.1, 0.15) is 0 Å². The Kier molecular flexibility index (Phi) is 57.5. The molecule has 69 heavy (non-hydrogen) atoms. The number of aliphatic hydroxyl groups is 2. The summed E-state index contributed by atoms with van der Waals surface area (Å²) in [6.45, 7) is 4.91. The highest BCUT2D eigenvalue weighted by molar-refractivity contribution is 5.76. The molecule has 0 aliphatic carbocycles. The van der Waals surface area contributed by atoms with Crippen LogP contribution in [0.4, 0.5) is 0 Å². The summed E-state index contributed by atoms with van der Waals surface area (Å²) in [5.41, 5.74) is 0. The molecular formula is C63H121NO5. The lowest BCUT2D eigenvalue weighted by Crippen LogP contribution is -2.45. The van der Waals surface area contributed by atoms with Crippen LogP contribution >= 0.6 is 0 Å². The van der Waals surface area contributed by atoms with E-state index in [-0.39, 0.29) is 18.5 Å². The summed E-state index contributed by atoms with van der Waals surface area (Å²) in [5.74, 6) is -0.0650. The SMILES string of the molecule is CCCCCCCCC/C=C\CCCCCCCC(=O)OCCCCCCCCCCCCCCCCCCCCCCC(=O)NC(CO)C(O)/C=C/CCCCCCCCCCCCCCCC. The molecule has 6 nitrogen and oxygen atoms in total. The summed E-state index contributed by atoms with van der Waals surface area (Å²) in [4.78, 5) is 24.5. The maximum absolute atomic E-state index is 12.5. The van der Waals surface area contributed by atoms with Crippen molar-refractivity contribution in [2.75, 3.05) is 13.2 Å². The molecule has 0 rings (SSSR count). The van der Waals surface area contributed by atoms with Gasteiger partial charge in [0.25, 0.3) is 0 Å². The van der Waals surface area contributed by atoms with E-state index in [1.165, 1.54) is 270 Å². The van der Waals surface area contributed by atoms with Gasteiger partial charge in [-0.05, 0) is 57.8 Å². The molecule has 0 aromatic rings. The number of rotatable bonds is 58. The second-order valence-electron chi connectivity index (χ2n) is 21.4. The molecule has 0 aliphatic heterocycles. The summed E-state index contributed by atoms with van der Waals surface area (Å²) >= 11 is 0. The standard InChI is InChI=1S/C63H121NO5/c1-3-5-7-9-11-13-15-17-19-27-31-35-39-43-47-51-55-61(66)60(59-65)64-62(67)56-52-48-44-40-36-32-28-25-23-21-22-24-26-30-34-38-42-46-50-54-58-69-63(68)57-53-49-45-41-37-33-29-20-18-16-14-12-10-8-6-4-2/h20,29,51,55,60-61,65-66H,3-19,21-28,30-50,52-54,56-59H2,1-2H3,(H,64,67)/b29-20-,55-51+. The highest BCUT2D eigenvalue weighted by Gasteiger charge is 2.18. The van der Waals surface area contributed by atoms with E-state index in [1.54, 1.807) is 6.08 Å². The molecule has 0 aromatic heterocycles. The molecule has 0 aliphatic rings. The minimum atomic E-state index is -0.846. The summed E-state index contributed by atoms with van der Waals surface area (Å²) < 4.78 is 5.49. The maximum Gasteiger partial charge on any atom is 0.305 e. The number of ether oxygens (including phenoxy) is 1. The fourth-order valence-corrected chi connectivity index (χ4v) is 9.69. The number of amides is 1. The molecule has 3 N–H and O–H groups in total.